The van der Waals surface area contributed by atoms with Gasteiger partial charge < -0.3 is 14.5 Å². The number of ether oxygens (including phenoxy) is 1. The average molecular weight is 382 g/mol. The van der Waals surface area contributed by atoms with E-state index in [0.717, 1.165) is 61.9 Å². The van der Waals surface area contributed by atoms with Crippen LogP contribution < -0.4 is 4.90 Å². The molecule has 0 saturated carbocycles. The summed E-state index contributed by atoms with van der Waals surface area (Å²) in [6.07, 6.45) is 4.27. The van der Waals surface area contributed by atoms with Crippen LogP contribution in [0.25, 0.3) is 10.8 Å². The molecular weight excluding hydrogens is 356 g/mol. The van der Waals surface area contributed by atoms with Gasteiger partial charge in [-0.25, -0.2) is 4.79 Å². The summed E-state index contributed by atoms with van der Waals surface area (Å²) < 4.78 is 5.49. The van der Waals surface area contributed by atoms with Gasteiger partial charge in [0.1, 0.15) is 11.9 Å². The lowest BCUT2D eigenvalue weighted by Gasteiger charge is -2.54. The molecule has 0 N–H and O–H groups in total. The minimum Gasteiger partial charge on any atom is -0.444 e. The van der Waals surface area contributed by atoms with Crippen LogP contribution >= 0.6 is 0 Å². The third-order valence-corrected chi connectivity index (χ3v) is 5.63. The van der Waals surface area contributed by atoms with Crippen molar-refractivity contribution in [2.45, 2.75) is 39.2 Å². The lowest BCUT2D eigenvalue weighted by atomic mass is 9.72. The molecule has 7 nitrogen and oxygen atoms in total. The summed E-state index contributed by atoms with van der Waals surface area (Å²) in [7, 11) is 0. The van der Waals surface area contributed by atoms with Gasteiger partial charge in [0.05, 0.1) is 6.20 Å². The molecule has 0 radical (unpaired) electrons. The Balaban J connectivity index is 1.42. The number of piperidine rings is 1. The molecule has 28 heavy (non-hydrogen) atoms. The van der Waals surface area contributed by atoms with Crippen molar-refractivity contribution in [3.05, 3.63) is 30.0 Å². The lowest BCUT2D eigenvalue weighted by molar-refractivity contribution is 0.00591. The van der Waals surface area contributed by atoms with Gasteiger partial charge in [0.25, 0.3) is 0 Å². The quantitative estimate of drug-likeness (QED) is 0.742. The second kappa shape index (κ2) is 6.72. The molecule has 2 aliphatic rings. The van der Waals surface area contributed by atoms with Crippen LogP contribution in [0.5, 0.6) is 0 Å². The Kier molecular flexibility index (Phi) is 4.48. The van der Waals surface area contributed by atoms with Crippen molar-refractivity contribution in [3.8, 4) is 0 Å². The summed E-state index contributed by atoms with van der Waals surface area (Å²) in [6.45, 7) is 8.91. The highest BCUT2D eigenvalue weighted by atomic mass is 16.6. The molecule has 2 saturated heterocycles. The predicted octanol–water partition coefficient (Wildman–Crippen LogP) is 3.28. The summed E-state index contributed by atoms with van der Waals surface area (Å²) in [5.41, 5.74) is 0.389. The van der Waals surface area contributed by atoms with E-state index < -0.39 is 5.60 Å². The van der Waals surface area contributed by atoms with Crippen molar-refractivity contribution in [3.63, 3.8) is 0 Å². The summed E-state index contributed by atoms with van der Waals surface area (Å²) in [6, 6.07) is 5.58. The zero-order chi connectivity index (χ0) is 19.9. The van der Waals surface area contributed by atoms with E-state index in [0.29, 0.717) is 5.56 Å². The number of aromatic nitrogens is 2. The van der Waals surface area contributed by atoms with Crippen LogP contribution in [0.1, 0.15) is 44.0 Å². The van der Waals surface area contributed by atoms with Crippen molar-refractivity contribution in [2.24, 2.45) is 5.41 Å². The number of likely N-dealkylation sites (tertiary alicyclic amines) is 1. The highest BCUT2D eigenvalue weighted by molar-refractivity contribution is 5.95. The van der Waals surface area contributed by atoms with Gasteiger partial charge in [-0.2, -0.15) is 5.10 Å². The molecule has 4 rings (SSSR count). The standard InChI is InChI=1S/C21H26N4O3/c1-20(2,3)28-19(27)24-8-6-21(7-9-24)13-25(14-21)18-17-10-15(12-26)4-5-16(17)11-22-23-18/h4-5,10-12H,6-9,13-14H2,1-3H3. The summed E-state index contributed by atoms with van der Waals surface area (Å²) in [5.74, 6) is 0.835. The first-order valence-corrected chi connectivity index (χ1v) is 9.72. The Hall–Kier alpha value is -2.70. The fourth-order valence-electron chi connectivity index (χ4n) is 4.11. The van der Waals surface area contributed by atoms with Gasteiger partial charge in [0.2, 0.25) is 0 Å². The third kappa shape index (κ3) is 3.53. The number of carbonyl (C=O) groups excluding carboxylic acids is 2. The Bertz CT molecular complexity index is 905. The number of amides is 1. The summed E-state index contributed by atoms with van der Waals surface area (Å²) in [5, 5.41) is 10.4. The molecule has 0 atom stereocenters. The number of nitrogens with zero attached hydrogens (tertiary/aromatic N) is 4. The molecule has 3 heterocycles. The number of aldehydes is 1. The van der Waals surface area contributed by atoms with Gasteiger partial charge in [-0.1, -0.05) is 12.1 Å². The average Bonchev–Trinajstić information content (AvgIpc) is 2.64. The molecular formula is C21H26N4O3. The molecule has 2 aromatic rings. The highest BCUT2D eigenvalue weighted by Crippen LogP contribution is 2.43. The topological polar surface area (TPSA) is 75.6 Å². The SMILES string of the molecule is CC(C)(C)OC(=O)N1CCC2(CC1)CN(c1nncc3ccc(C=O)cc13)C2. The highest BCUT2D eigenvalue weighted by Gasteiger charge is 2.46. The Morgan fingerprint density at radius 2 is 1.93 bits per heavy atom. The van der Waals surface area contributed by atoms with Crippen LogP contribution in [0.15, 0.2) is 24.4 Å². The monoisotopic (exact) mass is 382 g/mol. The minimum absolute atomic E-state index is 0.213. The first kappa shape index (κ1) is 18.7. The molecule has 1 aromatic heterocycles. The molecule has 2 fully saturated rings. The molecule has 0 bridgehead atoms. The Morgan fingerprint density at radius 3 is 2.57 bits per heavy atom. The molecule has 1 aromatic carbocycles. The van der Waals surface area contributed by atoms with E-state index in [4.69, 9.17) is 4.74 Å². The maximum Gasteiger partial charge on any atom is 0.410 e. The van der Waals surface area contributed by atoms with Crippen molar-refractivity contribution < 1.29 is 14.3 Å². The minimum atomic E-state index is -0.465. The smallest absolute Gasteiger partial charge is 0.410 e. The first-order chi connectivity index (χ1) is 13.3. The fraction of sp³-hybridized carbons (Fsp3) is 0.524. The number of benzene rings is 1. The third-order valence-electron chi connectivity index (χ3n) is 5.63. The van der Waals surface area contributed by atoms with E-state index in [2.05, 4.69) is 15.1 Å². The fourth-order valence-corrected chi connectivity index (χ4v) is 4.11. The molecule has 0 aliphatic carbocycles. The van der Waals surface area contributed by atoms with Gasteiger partial charge in [-0.3, -0.25) is 4.79 Å². The van der Waals surface area contributed by atoms with Crippen molar-refractivity contribution >= 4 is 29.0 Å². The van der Waals surface area contributed by atoms with Gasteiger partial charge in [0.15, 0.2) is 5.82 Å². The van der Waals surface area contributed by atoms with Crippen LogP contribution in [-0.2, 0) is 4.74 Å². The maximum absolute atomic E-state index is 12.3. The second-order valence-corrected chi connectivity index (χ2v) is 8.96. The molecule has 1 spiro atoms. The molecule has 2 aliphatic heterocycles. The predicted molar refractivity (Wildman–Crippen MR) is 107 cm³/mol. The van der Waals surface area contributed by atoms with E-state index in [1.165, 1.54) is 0 Å². The van der Waals surface area contributed by atoms with E-state index in [1.54, 1.807) is 12.3 Å². The second-order valence-electron chi connectivity index (χ2n) is 8.96. The van der Waals surface area contributed by atoms with E-state index in [-0.39, 0.29) is 11.5 Å². The zero-order valence-electron chi connectivity index (χ0n) is 16.6. The number of fused-ring (bicyclic) bond motifs is 1. The van der Waals surface area contributed by atoms with Gasteiger partial charge in [-0.05, 0) is 39.7 Å². The van der Waals surface area contributed by atoms with Crippen LogP contribution in [-0.4, -0.2) is 59.3 Å². The summed E-state index contributed by atoms with van der Waals surface area (Å²) >= 11 is 0. The Morgan fingerprint density at radius 1 is 1.21 bits per heavy atom. The molecule has 148 valence electrons. The number of carbonyl (C=O) groups is 2. The Labute approximate surface area is 164 Å². The van der Waals surface area contributed by atoms with Crippen molar-refractivity contribution in [1.29, 1.82) is 0 Å². The normalized spacial score (nSPS) is 18.8. The summed E-state index contributed by atoms with van der Waals surface area (Å²) in [4.78, 5) is 27.4. The number of hydrogen-bond acceptors (Lipinski definition) is 6. The van der Waals surface area contributed by atoms with Crippen LogP contribution in [0.4, 0.5) is 10.6 Å². The number of hydrogen-bond donors (Lipinski definition) is 0. The van der Waals surface area contributed by atoms with Gasteiger partial charge in [0, 0.05) is 47.9 Å². The van der Waals surface area contributed by atoms with Gasteiger partial charge in [-0.15, -0.1) is 5.10 Å². The zero-order valence-corrected chi connectivity index (χ0v) is 16.6. The van der Waals surface area contributed by atoms with Gasteiger partial charge >= 0.3 is 6.09 Å². The molecule has 0 unspecified atom stereocenters. The van der Waals surface area contributed by atoms with E-state index in [1.807, 2.05) is 37.8 Å². The van der Waals surface area contributed by atoms with Crippen LogP contribution in [0.3, 0.4) is 0 Å². The lowest BCUT2D eigenvalue weighted by Crippen LogP contribution is -2.61. The van der Waals surface area contributed by atoms with Crippen LogP contribution in [0, 0.1) is 5.41 Å². The van der Waals surface area contributed by atoms with Crippen molar-refractivity contribution in [2.75, 3.05) is 31.1 Å². The van der Waals surface area contributed by atoms with E-state index >= 15 is 0 Å². The molecule has 7 heteroatoms. The number of rotatable bonds is 2. The first-order valence-electron chi connectivity index (χ1n) is 9.72. The van der Waals surface area contributed by atoms with Crippen molar-refractivity contribution in [1.82, 2.24) is 15.1 Å². The molecule has 1 amide bonds. The van der Waals surface area contributed by atoms with Crippen LogP contribution in [0.2, 0.25) is 0 Å². The largest absolute Gasteiger partial charge is 0.444 e. The number of anilines is 1. The maximum atomic E-state index is 12.3. The van der Waals surface area contributed by atoms with E-state index in [9.17, 15) is 9.59 Å².